The first-order valence-electron chi connectivity index (χ1n) is 7.82. The summed E-state index contributed by atoms with van der Waals surface area (Å²) in [7, 11) is 0. The standard InChI is InChI=1S/C21H19N/c22-21(12-15-6-2-1-3-7-15)17-10-11-20-18(14-17)13-16-8-4-5-9-19(16)20/h1-11,14,21H,12-13,22H2. The molecule has 2 N–H and O–H groups in total. The molecule has 3 aromatic rings. The summed E-state index contributed by atoms with van der Waals surface area (Å²) in [4.78, 5) is 0. The molecular formula is C21H19N. The van der Waals surface area contributed by atoms with E-state index in [1.54, 1.807) is 0 Å². The summed E-state index contributed by atoms with van der Waals surface area (Å²) in [6, 6.07) is 25.9. The van der Waals surface area contributed by atoms with Crippen LogP contribution in [0.15, 0.2) is 72.8 Å². The minimum absolute atomic E-state index is 0.0522. The van der Waals surface area contributed by atoms with Gasteiger partial charge in [0.25, 0.3) is 0 Å². The molecule has 0 aromatic heterocycles. The van der Waals surface area contributed by atoms with Crippen molar-refractivity contribution in [1.82, 2.24) is 0 Å². The van der Waals surface area contributed by atoms with Crippen molar-refractivity contribution >= 4 is 0 Å². The zero-order chi connectivity index (χ0) is 14.9. The molecule has 0 radical (unpaired) electrons. The lowest BCUT2D eigenvalue weighted by Crippen LogP contribution is -2.13. The lowest BCUT2D eigenvalue weighted by Gasteiger charge is -2.14. The number of rotatable bonds is 3. The van der Waals surface area contributed by atoms with Gasteiger partial charge in [-0.3, -0.25) is 0 Å². The van der Waals surface area contributed by atoms with E-state index in [4.69, 9.17) is 5.73 Å². The molecule has 1 unspecified atom stereocenters. The lowest BCUT2D eigenvalue weighted by molar-refractivity contribution is 0.721. The molecule has 22 heavy (non-hydrogen) atoms. The molecule has 3 aromatic carbocycles. The first-order valence-corrected chi connectivity index (χ1v) is 7.82. The maximum atomic E-state index is 6.43. The fourth-order valence-corrected chi connectivity index (χ4v) is 3.38. The van der Waals surface area contributed by atoms with Gasteiger partial charge in [-0.25, -0.2) is 0 Å². The molecule has 1 aliphatic rings. The molecule has 0 heterocycles. The second-order valence-corrected chi connectivity index (χ2v) is 6.05. The predicted octanol–water partition coefficient (Wildman–Crippen LogP) is 4.50. The Bertz CT molecular complexity index is 805. The highest BCUT2D eigenvalue weighted by atomic mass is 14.6. The molecule has 0 spiro atoms. The molecule has 0 saturated heterocycles. The SMILES string of the molecule is NC(Cc1ccccc1)c1ccc2c(c1)Cc1ccccc1-2. The van der Waals surface area contributed by atoms with Gasteiger partial charge in [0.05, 0.1) is 0 Å². The Hall–Kier alpha value is -2.38. The smallest absolute Gasteiger partial charge is 0.0335 e. The van der Waals surface area contributed by atoms with Crippen molar-refractivity contribution in [2.75, 3.05) is 0 Å². The third-order valence-corrected chi connectivity index (χ3v) is 4.54. The van der Waals surface area contributed by atoms with Crippen LogP contribution in [0.3, 0.4) is 0 Å². The quantitative estimate of drug-likeness (QED) is 0.589. The van der Waals surface area contributed by atoms with Crippen LogP contribution in [-0.4, -0.2) is 0 Å². The van der Waals surface area contributed by atoms with Gasteiger partial charge in [-0.15, -0.1) is 0 Å². The molecule has 4 rings (SSSR count). The zero-order valence-electron chi connectivity index (χ0n) is 12.5. The number of benzene rings is 3. The highest BCUT2D eigenvalue weighted by Gasteiger charge is 2.19. The Morgan fingerprint density at radius 2 is 1.50 bits per heavy atom. The van der Waals surface area contributed by atoms with E-state index in [-0.39, 0.29) is 6.04 Å². The van der Waals surface area contributed by atoms with Crippen molar-refractivity contribution in [2.45, 2.75) is 18.9 Å². The normalized spacial score (nSPS) is 13.5. The minimum Gasteiger partial charge on any atom is -0.324 e. The van der Waals surface area contributed by atoms with Crippen molar-refractivity contribution < 1.29 is 0 Å². The van der Waals surface area contributed by atoms with Crippen LogP contribution in [0, 0.1) is 0 Å². The van der Waals surface area contributed by atoms with Crippen LogP contribution in [0.2, 0.25) is 0 Å². The maximum Gasteiger partial charge on any atom is 0.0335 e. The minimum atomic E-state index is 0.0522. The van der Waals surface area contributed by atoms with Crippen LogP contribution in [0.5, 0.6) is 0 Å². The summed E-state index contributed by atoms with van der Waals surface area (Å²) >= 11 is 0. The Balaban J connectivity index is 1.62. The molecular weight excluding hydrogens is 266 g/mol. The number of hydrogen-bond donors (Lipinski definition) is 1. The Morgan fingerprint density at radius 3 is 2.36 bits per heavy atom. The van der Waals surface area contributed by atoms with Crippen molar-refractivity contribution in [2.24, 2.45) is 5.73 Å². The highest BCUT2D eigenvalue weighted by Crippen LogP contribution is 2.37. The molecule has 0 aliphatic heterocycles. The van der Waals surface area contributed by atoms with Crippen LogP contribution >= 0.6 is 0 Å². The second kappa shape index (κ2) is 5.43. The molecule has 0 saturated carbocycles. The molecule has 1 aliphatic carbocycles. The van der Waals surface area contributed by atoms with E-state index < -0.39 is 0 Å². The number of nitrogens with two attached hydrogens (primary N) is 1. The van der Waals surface area contributed by atoms with Crippen LogP contribution in [-0.2, 0) is 12.8 Å². The lowest BCUT2D eigenvalue weighted by atomic mass is 9.96. The van der Waals surface area contributed by atoms with Gasteiger partial charge in [0.15, 0.2) is 0 Å². The van der Waals surface area contributed by atoms with E-state index in [0.717, 1.165) is 12.8 Å². The van der Waals surface area contributed by atoms with E-state index in [9.17, 15) is 0 Å². The Labute approximate surface area is 131 Å². The molecule has 1 atom stereocenters. The Morgan fingerprint density at radius 1 is 0.773 bits per heavy atom. The van der Waals surface area contributed by atoms with Crippen LogP contribution in [0.4, 0.5) is 0 Å². The summed E-state index contributed by atoms with van der Waals surface area (Å²) in [6.07, 6.45) is 1.91. The van der Waals surface area contributed by atoms with Crippen molar-refractivity contribution in [3.05, 3.63) is 95.1 Å². The van der Waals surface area contributed by atoms with E-state index in [1.807, 2.05) is 6.07 Å². The van der Waals surface area contributed by atoms with Crippen LogP contribution in [0.1, 0.15) is 28.3 Å². The first kappa shape index (κ1) is 13.3. The molecule has 1 nitrogen and oxygen atoms in total. The molecule has 1 heteroatoms. The third kappa shape index (κ3) is 2.34. The molecule has 0 amide bonds. The van der Waals surface area contributed by atoms with Gasteiger partial charge >= 0.3 is 0 Å². The van der Waals surface area contributed by atoms with E-state index in [2.05, 4.69) is 66.7 Å². The topological polar surface area (TPSA) is 26.0 Å². The fraction of sp³-hybridized carbons (Fsp3) is 0.143. The van der Waals surface area contributed by atoms with E-state index >= 15 is 0 Å². The Kier molecular flexibility index (Phi) is 3.28. The molecule has 0 bridgehead atoms. The van der Waals surface area contributed by atoms with Gasteiger partial charge in [-0.05, 0) is 46.2 Å². The summed E-state index contributed by atoms with van der Waals surface area (Å²) < 4.78 is 0. The second-order valence-electron chi connectivity index (χ2n) is 6.05. The monoisotopic (exact) mass is 285 g/mol. The molecule has 108 valence electrons. The maximum absolute atomic E-state index is 6.43. The van der Waals surface area contributed by atoms with Crippen molar-refractivity contribution in [3.63, 3.8) is 0 Å². The van der Waals surface area contributed by atoms with Crippen LogP contribution < -0.4 is 5.73 Å². The largest absolute Gasteiger partial charge is 0.324 e. The van der Waals surface area contributed by atoms with Gasteiger partial charge in [-0.2, -0.15) is 0 Å². The van der Waals surface area contributed by atoms with Crippen LogP contribution in [0.25, 0.3) is 11.1 Å². The van der Waals surface area contributed by atoms with Gasteiger partial charge in [0.1, 0.15) is 0 Å². The summed E-state index contributed by atoms with van der Waals surface area (Å²) in [5.74, 6) is 0. The summed E-state index contributed by atoms with van der Waals surface area (Å²) in [6.45, 7) is 0. The van der Waals surface area contributed by atoms with Gasteiger partial charge in [0, 0.05) is 6.04 Å². The predicted molar refractivity (Wildman–Crippen MR) is 91.8 cm³/mol. The zero-order valence-corrected chi connectivity index (χ0v) is 12.5. The van der Waals surface area contributed by atoms with E-state index in [0.29, 0.717) is 0 Å². The van der Waals surface area contributed by atoms with Crippen molar-refractivity contribution in [3.8, 4) is 11.1 Å². The molecule has 0 fully saturated rings. The van der Waals surface area contributed by atoms with Gasteiger partial charge in [-0.1, -0.05) is 72.8 Å². The van der Waals surface area contributed by atoms with Gasteiger partial charge in [0.2, 0.25) is 0 Å². The summed E-state index contributed by atoms with van der Waals surface area (Å²) in [5, 5.41) is 0. The average molecular weight is 285 g/mol. The summed E-state index contributed by atoms with van der Waals surface area (Å²) in [5.41, 5.74) is 14.5. The van der Waals surface area contributed by atoms with Crippen molar-refractivity contribution in [1.29, 1.82) is 0 Å². The average Bonchev–Trinajstić information content (AvgIpc) is 2.93. The fourth-order valence-electron chi connectivity index (χ4n) is 3.38. The third-order valence-electron chi connectivity index (χ3n) is 4.54. The van der Waals surface area contributed by atoms with E-state index in [1.165, 1.54) is 33.4 Å². The first-order chi connectivity index (χ1) is 10.8. The van der Waals surface area contributed by atoms with Gasteiger partial charge < -0.3 is 5.73 Å². The number of hydrogen-bond acceptors (Lipinski definition) is 1. The number of fused-ring (bicyclic) bond motifs is 3. The highest BCUT2D eigenvalue weighted by molar-refractivity contribution is 5.77.